The summed E-state index contributed by atoms with van der Waals surface area (Å²) in [5.41, 5.74) is 3.35. The molecular weight excluding hydrogens is 470 g/mol. The van der Waals surface area contributed by atoms with Crippen molar-refractivity contribution in [3.63, 3.8) is 0 Å². The average Bonchev–Trinajstić information content (AvgIpc) is 3.33. The van der Waals surface area contributed by atoms with Crippen LogP contribution in [0.1, 0.15) is 11.1 Å². The molecule has 1 amide bonds. The summed E-state index contributed by atoms with van der Waals surface area (Å²) < 4.78 is 0. The van der Waals surface area contributed by atoms with E-state index >= 15 is 0 Å². The molecule has 0 unspecified atom stereocenters. The number of aliphatic imine (C=N–C) groups is 1. The number of halogens is 1. The SMILES string of the molecule is CN1/C(=C2/SC(=NCc3ccccc3)N(CCc3ccccc3)C2=O)Sc2ccc(Cl)cc21. The Kier molecular flexibility index (Phi) is 6.49. The Morgan fingerprint density at radius 1 is 0.909 bits per heavy atom. The molecule has 3 aromatic carbocycles. The third kappa shape index (κ3) is 4.69. The van der Waals surface area contributed by atoms with E-state index in [9.17, 15) is 4.79 Å². The van der Waals surface area contributed by atoms with Crippen molar-refractivity contribution in [3.8, 4) is 0 Å². The summed E-state index contributed by atoms with van der Waals surface area (Å²) in [5.74, 6) is 0.0102. The van der Waals surface area contributed by atoms with Crippen molar-refractivity contribution in [3.05, 3.63) is 105 Å². The van der Waals surface area contributed by atoms with Gasteiger partial charge < -0.3 is 4.90 Å². The zero-order valence-electron chi connectivity index (χ0n) is 18.1. The van der Waals surface area contributed by atoms with E-state index in [1.54, 1.807) is 11.8 Å². The largest absolute Gasteiger partial charge is 0.337 e. The fourth-order valence-corrected chi connectivity index (χ4v) is 6.29. The molecule has 0 radical (unpaired) electrons. The second-order valence-electron chi connectivity index (χ2n) is 7.79. The van der Waals surface area contributed by atoms with Gasteiger partial charge in [-0.05, 0) is 47.5 Å². The molecule has 33 heavy (non-hydrogen) atoms. The quantitative estimate of drug-likeness (QED) is 0.385. The van der Waals surface area contributed by atoms with Crippen molar-refractivity contribution in [2.45, 2.75) is 17.9 Å². The van der Waals surface area contributed by atoms with Gasteiger partial charge in [-0.15, -0.1) is 0 Å². The van der Waals surface area contributed by atoms with E-state index in [0.717, 1.165) is 37.7 Å². The second-order valence-corrected chi connectivity index (χ2v) is 10.2. The molecule has 4 nitrogen and oxygen atoms in total. The molecule has 5 rings (SSSR count). The van der Waals surface area contributed by atoms with Crippen LogP contribution in [-0.2, 0) is 17.8 Å². The zero-order chi connectivity index (χ0) is 22.8. The molecule has 1 saturated heterocycles. The monoisotopic (exact) mass is 491 g/mol. The molecule has 2 aliphatic rings. The van der Waals surface area contributed by atoms with Gasteiger partial charge in [0.25, 0.3) is 5.91 Å². The van der Waals surface area contributed by atoms with Crippen LogP contribution in [0, 0.1) is 0 Å². The number of thioether (sulfide) groups is 2. The topological polar surface area (TPSA) is 35.9 Å². The lowest BCUT2D eigenvalue weighted by molar-refractivity contribution is -0.122. The molecular formula is C26H22ClN3OS2. The third-order valence-electron chi connectivity index (χ3n) is 5.56. The van der Waals surface area contributed by atoms with Crippen LogP contribution in [0.4, 0.5) is 5.69 Å². The van der Waals surface area contributed by atoms with Gasteiger partial charge in [-0.3, -0.25) is 14.7 Å². The number of rotatable bonds is 5. The van der Waals surface area contributed by atoms with Crippen LogP contribution in [0.3, 0.4) is 0 Å². The van der Waals surface area contributed by atoms with E-state index < -0.39 is 0 Å². The number of anilines is 1. The number of amidine groups is 1. The fourth-order valence-electron chi connectivity index (χ4n) is 3.80. The highest BCUT2D eigenvalue weighted by Crippen LogP contribution is 2.50. The van der Waals surface area contributed by atoms with Crippen LogP contribution in [-0.4, -0.2) is 29.6 Å². The van der Waals surface area contributed by atoms with Crippen LogP contribution >= 0.6 is 35.1 Å². The number of nitrogens with zero attached hydrogens (tertiary/aromatic N) is 3. The van der Waals surface area contributed by atoms with Crippen molar-refractivity contribution in [2.24, 2.45) is 4.99 Å². The van der Waals surface area contributed by atoms with Crippen LogP contribution in [0.15, 0.2) is 98.7 Å². The highest BCUT2D eigenvalue weighted by molar-refractivity contribution is 8.19. The number of fused-ring (bicyclic) bond motifs is 1. The Morgan fingerprint density at radius 2 is 1.61 bits per heavy atom. The van der Waals surface area contributed by atoms with E-state index in [0.29, 0.717) is 18.1 Å². The summed E-state index contributed by atoms with van der Waals surface area (Å²) in [6, 6.07) is 26.2. The van der Waals surface area contributed by atoms with Gasteiger partial charge in [0.1, 0.15) is 4.91 Å². The standard InChI is InChI=1S/C26H22ClN3OS2/c1-29-21-16-20(27)12-13-22(21)32-25(29)23-24(31)30(15-14-18-8-4-2-5-9-18)26(33-23)28-17-19-10-6-3-7-11-19/h2-13,16H,14-15,17H2,1H3/b25-23-,28-26?. The van der Waals surface area contributed by atoms with Gasteiger partial charge in [0.2, 0.25) is 0 Å². The molecule has 2 aliphatic heterocycles. The predicted molar refractivity (Wildman–Crippen MR) is 140 cm³/mol. The Morgan fingerprint density at radius 3 is 2.33 bits per heavy atom. The zero-order valence-corrected chi connectivity index (χ0v) is 20.5. The summed E-state index contributed by atoms with van der Waals surface area (Å²) in [6.45, 7) is 1.13. The van der Waals surface area contributed by atoms with Gasteiger partial charge in [0.15, 0.2) is 5.17 Å². The lowest BCUT2D eigenvalue weighted by Gasteiger charge is -2.17. The lowest BCUT2D eigenvalue weighted by atomic mass is 10.1. The number of carbonyl (C=O) groups is 1. The first-order chi connectivity index (χ1) is 16.1. The van der Waals surface area contributed by atoms with Crippen LogP contribution in [0.5, 0.6) is 0 Å². The van der Waals surface area contributed by atoms with E-state index in [4.69, 9.17) is 16.6 Å². The molecule has 0 atom stereocenters. The second kappa shape index (κ2) is 9.67. The highest BCUT2D eigenvalue weighted by Gasteiger charge is 2.38. The normalized spacial score (nSPS) is 19.0. The molecule has 166 valence electrons. The summed E-state index contributed by atoms with van der Waals surface area (Å²) in [6.07, 6.45) is 0.777. The van der Waals surface area contributed by atoms with E-state index in [1.807, 2.05) is 66.5 Å². The van der Waals surface area contributed by atoms with E-state index in [2.05, 4.69) is 29.2 Å². The summed E-state index contributed by atoms with van der Waals surface area (Å²) in [5, 5.41) is 2.37. The van der Waals surface area contributed by atoms with Crippen molar-refractivity contribution < 1.29 is 4.79 Å². The van der Waals surface area contributed by atoms with Crippen molar-refractivity contribution in [1.82, 2.24) is 4.90 Å². The lowest BCUT2D eigenvalue weighted by Crippen LogP contribution is -2.32. The molecule has 0 aliphatic carbocycles. The molecule has 0 saturated carbocycles. The van der Waals surface area contributed by atoms with Crippen molar-refractivity contribution >= 4 is 51.9 Å². The molecule has 0 spiro atoms. The maximum absolute atomic E-state index is 13.6. The minimum Gasteiger partial charge on any atom is -0.337 e. The fraction of sp³-hybridized carbons (Fsp3) is 0.154. The van der Waals surface area contributed by atoms with Crippen LogP contribution in [0.2, 0.25) is 5.02 Å². The highest BCUT2D eigenvalue weighted by atomic mass is 35.5. The first-order valence-corrected chi connectivity index (χ1v) is 12.7. The molecule has 0 bridgehead atoms. The maximum Gasteiger partial charge on any atom is 0.269 e. The Balaban J connectivity index is 1.45. The molecule has 0 N–H and O–H groups in total. The van der Waals surface area contributed by atoms with Crippen LogP contribution < -0.4 is 4.90 Å². The number of hydrogen-bond acceptors (Lipinski definition) is 5. The van der Waals surface area contributed by atoms with E-state index in [-0.39, 0.29) is 5.91 Å². The van der Waals surface area contributed by atoms with Gasteiger partial charge in [0.05, 0.1) is 17.3 Å². The summed E-state index contributed by atoms with van der Waals surface area (Å²) in [4.78, 5) is 24.2. The number of amides is 1. The van der Waals surface area contributed by atoms with Crippen molar-refractivity contribution in [1.29, 1.82) is 0 Å². The maximum atomic E-state index is 13.6. The Labute approximate surface area is 207 Å². The molecule has 3 aromatic rings. The first kappa shape index (κ1) is 22.1. The summed E-state index contributed by atoms with van der Waals surface area (Å²) >= 11 is 9.30. The smallest absolute Gasteiger partial charge is 0.269 e. The van der Waals surface area contributed by atoms with Gasteiger partial charge in [0, 0.05) is 23.5 Å². The van der Waals surface area contributed by atoms with Crippen LogP contribution in [0.25, 0.3) is 0 Å². The molecule has 0 aromatic heterocycles. The first-order valence-electron chi connectivity index (χ1n) is 10.7. The number of benzene rings is 3. The van der Waals surface area contributed by atoms with Gasteiger partial charge in [-0.1, -0.05) is 84.0 Å². The van der Waals surface area contributed by atoms with Crippen molar-refractivity contribution in [2.75, 3.05) is 18.5 Å². The number of hydrogen-bond donors (Lipinski definition) is 0. The average molecular weight is 492 g/mol. The predicted octanol–water partition coefficient (Wildman–Crippen LogP) is 6.43. The van der Waals surface area contributed by atoms with Gasteiger partial charge in [-0.2, -0.15) is 0 Å². The minimum atomic E-state index is 0.0102. The molecule has 2 heterocycles. The Bertz CT molecular complexity index is 1240. The number of carbonyl (C=O) groups excluding carboxylic acids is 1. The minimum absolute atomic E-state index is 0.0102. The molecule has 1 fully saturated rings. The van der Waals surface area contributed by atoms with Gasteiger partial charge >= 0.3 is 0 Å². The molecule has 7 heteroatoms. The summed E-state index contributed by atoms with van der Waals surface area (Å²) in [7, 11) is 1.98. The Hall–Kier alpha value is -2.67. The third-order valence-corrected chi connectivity index (χ3v) is 8.26. The van der Waals surface area contributed by atoms with Gasteiger partial charge in [-0.25, -0.2) is 0 Å². The van der Waals surface area contributed by atoms with E-state index in [1.165, 1.54) is 17.3 Å².